The van der Waals surface area contributed by atoms with E-state index in [1.807, 2.05) is 6.20 Å². The van der Waals surface area contributed by atoms with Crippen LogP contribution < -0.4 is 5.32 Å². The van der Waals surface area contributed by atoms with Crippen LogP contribution in [0.4, 0.5) is 11.7 Å². The van der Waals surface area contributed by atoms with Gasteiger partial charge in [-0.2, -0.15) is 4.98 Å². The third-order valence-electron chi connectivity index (χ3n) is 2.92. The lowest BCUT2D eigenvalue weighted by Gasteiger charge is -1.96. The van der Waals surface area contributed by atoms with E-state index in [1.54, 1.807) is 17.4 Å². The molecule has 0 amide bonds. The molecule has 0 aliphatic carbocycles. The third kappa shape index (κ3) is 2.84. The van der Waals surface area contributed by atoms with E-state index in [0.717, 1.165) is 11.4 Å². The van der Waals surface area contributed by atoms with Gasteiger partial charge in [-0.25, -0.2) is 4.98 Å². The average Bonchev–Trinajstić information content (AvgIpc) is 3.10. The Bertz CT molecular complexity index is 796. The molecule has 1 N–H and O–H groups in total. The lowest BCUT2D eigenvalue weighted by atomic mass is 10.3. The van der Waals surface area contributed by atoms with Gasteiger partial charge in [-0.1, -0.05) is 6.92 Å². The van der Waals surface area contributed by atoms with Crippen molar-refractivity contribution in [2.75, 3.05) is 5.32 Å². The molecule has 0 atom stereocenters. The molecule has 8 heteroatoms. The van der Waals surface area contributed by atoms with Crippen molar-refractivity contribution >= 4 is 34.1 Å². The lowest BCUT2D eigenvalue weighted by Crippen LogP contribution is -1.98. The van der Waals surface area contributed by atoms with Crippen LogP contribution in [-0.2, 0) is 13.0 Å². The molecule has 0 saturated heterocycles. The summed E-state index contributed by atoms with van der Waals surface area (Å²) < 4.78 is 5.46. The summed E-state index contributed by atoms with van der Waals surface area (Å²) in [7, 11) is 0. The van der Waals surface area contributed by atoms with Gasteiger partial charge in [0.15, 0.2) is 5.58 Å². The first-order chi connectivity index (χ1) is 10.2. The number of aromatic nitrogens is 2. The molecule has 0 spiro atoms. The van der Waals surface area contributed by atoms with Gasteiger partial charge in [0.1, 0.15) is 10.5 Å². The number of fused-ring (bicyclic) bond motifs is 1. The van der Waals surface area contributed by atoms with Crippen molar-refractivity contribution in [3.05, 3.63) is 44.4 Å². The van der Waals surface area contributed by atoms with Crippen molar-refractivity contribution in [2.24, 2.45) is 0 Å². The maximum atomic E-state index is 10.7. The Labute approximate surface area is 123 Å². The van der Waals surface area contributed by atoms with E-state index < -0.39 is 4.92 Å². The van der Waals surface area contributed by atoms with E-state index >= 15 is 0 Å². The van der Waals surface area contributed by atoms with Gasteiger partial charge in [0.2, 0.25) is 0 Å². The number of nitro benzene ring substituents is 1. The number of anilines is 1. The van der Waals surface area contributed by atoms with Gasteiger partial charge >= 0.3 is 0 Å². The topological polar surface area (TPSA) is 94.1 Å². The Morgan fingerprint density at radius 2 is 2.33 bits per heavy atom. The minimum absolute atomic E-state index is 0.0160. The van der Waals surface area contributed by atoms with E-state index in [9.17, 15) is 10.1 Å². The first kappa shape index (κ1) is 13.5. The normalized spacial score (nSPS) is 10.9. The van der Waals surface area contributed by atoms with Crippen molar-refractivity contribution in [1.29, 1.82) is 0 Å². The first-order valence-corrected chi connectivity index (χ1v) is 7.20. The number of oxazole rings is 1. The summed E-state index contributed by atoms with van der Waals surface area (Å²) in [5, 5.41) is 14.7. The lowest BCUT2D eigenvalue weighted by molar-refractivity contribution is -0.384. The molecular formula is C13H12N4O3S. The molecule has 2 heterocycles. The van der Waals surface area contributed by atoms with Gasteiger partial charge in [0.25, 0.3) is 11.7 Å². The highest BCUT2D eigenvalue weighted by atomic mass is 32.1. The van der Waals surface area contributed by atoms with Gasteiger partial charge in [-0.05, 0) is 12.5 Å². The van der Waals surface area contributed by atoms with E-state index in [0.29, 0.717) is 23.7 Å². The highest BCUT2D eigenvalue weighted by molar-refractivity contribution is 7.11. The van der Waals surface area contributed by atoms with E-state index in [-0.39, 0.29) is 5.69 Å². The zero-order valence-electron chi connectivity index (χ0n) is 11.2. The molecule has 0 aliphatic rings. The molecule has 3 rings (SSSR count). The molecular weight excluding hydrogens is 292 g/mol. The Morgan fingerprint density at radius 1 is 1.48 bits per heavy atom. The highest BCUT2D eigenvalue weighted by Crippen LogP contribution is 2.24. The Hall–Kier alpha value is -2.48. The van der Waals surface area contributed by atoms with Gasteiger partial charge in [-0.15, -0.1) is 11.3 Å². The summed E-state index contributed by atoms with van der Waals surface area (Å²) >= 11 is 1.63. The average molecular weight is 304 g/mol. The van der Waals surface area contributed by atoms with Crippen LogP contribution >= 0.6 is 11.3 Å². The molecule has 2 aromatic heterocycles. The number of nitrogens with one attached hydrogen (secondary N) is 1. The molecule has 0 fully saturated rings. The number of non-ortho nitro benzene ring substituents is 1. The summed E-state index contributed by atoms with van der Waals surface area (Å²) in [6.45, 7) is 2.60. The number of hydrogen-bond donors (Lipinski definition) is 1. The fourth-order valence-electron chi connectivity index (χ4n) is 1.85. The van der Waals surface area contributed by atoms with Crippen LogP contribution in [0.3, 0.4) is 0 Å². The first-order valence-electron chi connectivity index (χ1n) is 6.38. The third-order valence-corrected chi connectivity index (χ3v) is 4.07. The maximum absolute atomic E-state index is 10.7. The second-order valence-corrected chi connectivity index (χ2v) is 5.56. The predicted molar refractivity (Wildman–Crippen MR) is 79.5 cm³/mol. The second-order valence-electron chi connectivity index (χ2n) is 4.36. The minimum atomic E-state index is -0.461. The quantitative estimate of drug-likeness (QED) is 0.573. The standard InChI is InChI=1S/C13H12N4O3S/c1-2-9-6-14-12(21-9)7-15-13-16-10-4-3-8(17(18)19)5-11(10)20-13/h3-6H,2,7H2,1H3,(H,15,16). The summed E-state index contributed by atoms with van der Waals surface area (Å²) in [6, 6.07) is 4.68. The van der Waals surface area contributed by atoms with Gasteiger partial charge in [0.05, 0.1) is 17.5 Å². The van der Waals surface area contributed by atoms with E-state index in [4.69, 9.17) is 4.42 Å². The van der Waals surface area contributed by atoms with Crippen LogP contribution in [0.2, 0.25) is 0 Å². The number of aryl methyl sites for hydroxylation is 1. The Balaban J connectivity index is 1.76. The summed E-state index contributed by atoms with van der Waals surface area (Å²) in [4.78, 5) is 20.0. The van der Waals surface area contributed by atoms with Crippen LogP contribution in [0.5, 0.6) is 0 Å². The molecule has 3 aromatic rings. The Morgan fingerprint density at radius 3 is 3.05 bits per heavy atom. The molecule has 0 bridgehead atoms. The van der Waals surface area contributed by atoms with Crippen molar-refractivity contribution in [1.82, 2.24) is 9.97 Å². The van der Waals surface area contributed by atoms with E-state index in [2.05, 4.69) is 22.2 Å². The number of nitrogens with zero attached hydrogens (tertiary/aromatic N) is 3. The van der Waals surface area contributed by atoms with Crippen molar-refractivity contribution in [2.45, 2.75) is 19.9 Å². The van der Waals surface area contributed by atoms with Gasteiger partial charge in [-0.3, -0.25) is 10.1 Å². The zero-order valence-corrected chi connectivity index (χ0v) is 12.0. The van der Waals surface area contributed by atoms with Crippen LogP contribution in [-0.4, -0.2) is 14.9 Å². The van der Waals surface area contributed by atoms with Crippen LogP contribution in [0.25, 0.3) is 11.1 Å². The molecule has 0 radical (unpaired) electrons. The molecule has 108 valence electrons. The minimum Gasteiger partial charge on any atom is -0.423 e. The van der Waals surface area contributed by atoms with Crippen molar-refractivity contribution < 1.29 is 9.34 Å². The largest absolute Gasteiger partial charge is 0.423 e. The SMILES string of the molecule is CCc1cnc(CNc2nc3ccc([N+](=O)[O-])cc3o2)s1. The summed E-state index contributed by atoms with van der Waals surface area (Å²) in [5.41, 5.74) is 0.953. The second kappa shape index (κ2) is 5.49. The Kier molecular flexibility index (Phi) is 3.53. The van der Waals surface area contributed by atoms with Crippen LogP contribution in [0, 0.1) is 10.1 Å². The monoisotopic (exact) mass is 304 g/mol. The summed E-state index contributed by atoms with van der Waals surface area (Å²) in [5.74, 6) is 0. The van der Waals surface area contributed by atoms with Crippen molar-refractivity contribution in [3.63, 3.8) is 0 Å². The van der Waals surface area contributed by atoms with E-state index in [1.165, 1.54) is 17.0 Å². The number of hydrogen-bond acceptors (Lipinski definition) is 7. The molecule has 21 heavy (non-hydrogen) atoms. The number of benzene rings is 1. The molecule has 7 nitrogen and oxygen atoms in total. The fourth-order valence-corrected chi connectivity index (χ4v) is 2.65. The zero-order chi connectivity index (χ0) is 14.8. The van der Waals surface area contributed by atoms with Crippen LogP contribution in [0.15, 0.2) is 28.8 Å². The predicted octanol–water partition coefficient (Wildman–Crippen LogP) is 3.37. The van der Waals surface area contributed by atoms with Crippen molar-refractivity contribution in [3.8, 4) is 0 Å². The number of rotatable bonds is 5. The molecule has 1 aromatic carbocycles. The fraction of sp³-hybridized carbons (Fsp3) is 0.231. The smallest absolute Gasteiger partial charge is 0.296 e. The summed E-state index contributed by atoms with van der Waals surface area (Å²) in [6.07, 6.45) is 2.82. The van der Waals surface area contributed by atoms with Crippen LogP contribution in [0.1, 0.15) is 16.8 Å². The number of thiazole rings is 1. The van der Waals surface area contributed by atoms with Gasteiger partial charge < -0.3 is 9.73 Å². The maximum Gasteiger partial charge on any atom is 0.296 e. The number of nitro groups is 1. The highest BCUT2D eigenvalue weighted by Gasteiger charge is 2.11. The molecule has 0 aliphatic heterocycles. The molecule has 0 saturated carbocycles. The van der Waals surface area contributed by atoms with Gasteiger partial charge in [0, 0.05) is 17.1 Å². The molecule has 0 unspecified atom stereocenters.